The monoisotopic (exact) mass is 174 g/mol. The van der Waals surface area contributed by atoms with Crippen LogP contribution in [0, 0.1) is 0 Å². The Hall–Kier alpha value is -0.990. The van der Waals surface area contributed by atoms with Crippen LogP contribution in [-0.4, -0.2) is 11.7 Å². The third-order valence-electron chi connectivity index (χ3n) is 1.06. The summed E-state index contributed by atoms with van der Waals surface area (Å²) in [6.45, 7) is 2.60. The molecule has 0 N–H and O–H groups in total. The molecule has 12 heavy (non-hydrogen) atoms. The van der Waals surface area contributed by atoms with Crippen LogP contribution >= 0.6 is 0 Å². The average molecular weight is 174 g/mol. The van der Waals surface area contributed by atoms with Crippen LogP contribution < -0.4 is 0 Å². The first kappa shape index (κ1) is 11.0. The molecule has 0 spiro atoms. The maximum atomic E-state index is 12.1. The first-order valence-corrected chi connectivity index (χ1v) is 3.73. The van der Waals surface area contributed by atoms with Gasteiger partial charge < -0.3 is 0 Å². The van der Waals surface area contributed by atoms with E-state index in [4.69, 9.17) is 0 Å². The summed E-state index contributed by atoms with van der Waals surface area (Å²) in [5, 5.41) is 0. The van der Waals surface area contributed by atoms with Crippen LogP contribution in [0.25, 0.3) is 0 Å². The Balaban J connectivity index is 4.01. The number of hydrogen-bond donors (Lipinski definition) is 0. The lowest BCUT2D eigenvalue weighted by Crippen LogP contribution is -2.04. The van der Waals surface area contributed by atoms with Crippen LogP contribution in [0.4, 0.5) is 8.78 Å². The number of carbonyl (C=O) groups excluding carboxylic acids is 1. The minimum Gasteiger partial charge on any atom is -0.290 e. The Morgan fingerprint density at radius 1 is 1.42 bits per heavy atom. The molecule has 0 radical (unpaired) electrons. The van der Waals surface area contributed by atoms with Crippen molar-refractivity contribution in [2.45, 2.75) is 26.2 Å². The molecule has 0 saturated heterocycles. The molecule has 0 rings (SSSR count). The molecule has 0 bridgehead atoms. The van der Waals surface area contributed by atoms with Crippen molar-refractivity contribution >= 4 is 5.78 Å². The molecule has 0 aromatic carbocycles. The van der Waals surface area contributed by atoms with E-state index >= 15 is 0 Å². The molecule has 0 aliphatic rings. The van der Waals surface area contributed by atoms with Crippen molar-refractivity contribution in [3.63, 3.8) is 0 Å². The highest BCUT2D eigenvalue weighted by Crippen LogP contribution is 2.12. The van der Waals surface area contributed by atoms with Gasteiger partial charge in [-0.3, -0.25) is 4.79 Å². The average Bonchev–Trinajstić information content (AvgIpc) is 1.95. The van der Waals surface area contributed by atoms with E-state index in [2.05, 4.69) is 0 Å². The summed E-state index contributed by atoms with van der Waals surface area (Å²) in [6.07, 6.45) is 5.10. The minimum absolute atomic E-state index is 0.404. The first-order chi connectivity index (χ1) is 5.45. The summed E-state index contributed by atoms with van der Waals surface area (Å²) in [4.78, 5) is 10.7. The van der Waals surface area contributed by atoms with E-state index in [0.717, 1.165) is 19.4 Å². The number of halogens is 2. The van der Waals surface area contributed by atoms with Gasteiger partial charge in [-0.2, -0.15) is 0 Å². The largest absolute Gasteiger partial charge is 0.290 e. The lowest BCUT2D eigenvalue weighted by atomic mass is 10.2. The molecule has 0 saturated carbocycles. The van der Waals surface area contributed by atoms with Gasteiger partial charge in [0.25, 0.3) is 5.92 Å². The molecule has 3 heteroatoms. The van der Waals surface area contributed by atoms with Crippen molar-refractivity contribution in [1.82, 2.24) is 0 Å². The summed E-state index contributed by atoms with van der Waals surface area (Å²) < 4.78 is 24.3. The van der Waals surface area contributed by atoms with Crippen LogP contribution in [0.15, 0.2) is 24.3 Å². The topological polar surface area (TPSA) is 17.1 Å². The highest BCUT2D eigenvalue weighted by Gasteiger charge is 2.15. The molecule has 0 fully saturated rings. The van der Waals surface area contributed by atoms with Crippen molar-refractivity contribution in [3.05, 3.63) is 24.3 Å². The number of alkyl halides is 2. The second-order valence-corrected chi connectivity index (χ2v) is 2.50. The highest BCUT2D eigenvalue weighted by molar-refractivity contribution is 5.99. The Bertz CT molecular complexity index is 199. The summed E-state index contributed by atoms with van der Waals surface area (Å²) in [6, 6.07) is 0. The zero-order chi connectivity index (χ0) is 9.61. The van der Waals surface area contributed by atoms with Gasteiger partial charge in [-0.1, -0.05) is 13.0 Å². The van der Waals surface area contributed by atoms with Gasteiger partial charge in [-0.15, -0.1) is 0 Å². The number of carbonyl (C=O) groups is 1. The van der Waals surface area contributed by atoms with Crippen molar-refractivity contribution < 1.29 is 13.6 Å². The van der Waals surface area contributed by atoms with Gasteiger partial charge in [0.15, 0.2) is 5.78 Å². The van der Waals surface area contributed by atoms with Crippen LogP contribution in [0.1, 0.15) is 20.3 Å². The van der Waals surface area contributed by atoms with Crippen molar-refractivity contribution in [2.75, 3.05) is 0 Å². The Labute approximate surface area is 70.8 Å². The molecule has 0 aliphatic heterocycles. The number of rotatable bonds is 4. The second kappa shape index (κ2) is 4.80. The van der Waals surface area contributed by atoms with E-state index in [9.17, 15) is 13.6 Å². The van der Waals surface area contributed by atoms with E-state index in [0.29, 0.717) is 6.08 Å². The van der Waals surface area contributed by atoms with E-state index in [1.165, 1.54) is 6.08 Å². The predicted octanol–water partition coefficient (Wildman–Crippen LogP) is 2.73. The number of allylic oxidation sites excluding steroid dienone is 4. The van der Waals surface area contributed by atoms with Crippen molar-refractivity contribution in [1.29, 1.82) is 0 Å². The van der Waals surface area contributed by atoms with Gasteiger partial charge in [0, 0.05) is 6.92 Å². The van der Waals surface area contributed by atoms with E-state index < -0.39 is 11.7 Å². The van der Waals surface area contributed by atoms with Gasteiger partial charge in [0.2, 0.25) is 0 Å². The highest BCUT2D eigenvalue weighted by atomic mass is 19.3. The zero-order valence-corrected chi connectivity index (χ0v) is 7.18. The van der Waals surface area contributed by atoms with Gasteiger partial charge in [0.05, 0.1) is 0 Å². The molecule has 68 valence electrons. The van der Waals surface area contributed by atoms with Gasteiger partial charge >= 0.3 is 0 Å². The fraction of sp³-hybridized carbons (Fsp3) is 0.444. The number of hydrogen-bond acceptors (Lipinski definition) is 1. The lowest BCUT2D eigenvalue weighted by Gasteiger charge is -1.99. The molecule has 0 amide bonds. The van der Waals surface area contributed by atoms with Gasteiger partial charge in [0.1, 0.15) is 0 Å². The first-order valence-electron chi connectivity index (χ1n) is 3.73. The maximum absolute atomic E-state index is 12.1. The fourth-order valence-corrected chi connectivity index (χ4v) is 0.518. The van der Waals surface area contributed by atoms with Crippen molar-refractivity contribution in [2.24, 2.45) is 0 Å². The molecule has 0 aromatic rings. The zero-order valence-electron chi connectivity index (χ0n) is 7.18. The predicted molar refractivity (Wildman–Crippen MR) is 44.2 cm³/mol. The lowest BCUT2D eigenvalue weighted by molar-refractivity contribution is -0.110. The minimum atomic E-state index is -2.91. The molecule has 0 aliphatic carbocycles. The Morgan fingerprint density at radius 2 is 2.00 bits per heavy atom. The van der Waals surface area contributed by atoms with E-state index in [1.807, 2.05) is 6.92 Å². The second-order valence-electron chi connectivity index (χ2n) is 2.50. The Kier molecular flexibility index (Phi) is 4.40. The van der Waals surface area contributed by atoms with Crippen LogP contribution in [-0.2, 0) is 4.79 Å². The third-order valence-corrected chi connectivity index (χ3v) is 1.06. The molecule has 0 atom stereocenters. The van der Waals surface area contributed by atoms with Crippen LogP contribution in [0.5, 0.6) is 0 Å². The van der Waals surface area contributed by atoms with Crippen LogP contribution in [0.2, 0.25) is 0 Å². The molecule has 0 aromatic heterocycles. The summed E-state index contributed by atoms with van der Waals surface area (Å²) in [5.41, 5.74) is 0. The van der Waals surface area contributed by atoms with Gasteiger partial charge in [-0.25, -0.2) is 8.78 Å². The smallest absolute Gasteiger partial charge is 0.264 e. The summed E-state index contributed by atoms with van der Waals surface area (Å²) >= 11 is 0. The molecule has 1 nitrogen and oxygen atoms in total. The Morgan fingerprint density at radius 3 is 2.42 bits per heavy atom. The molecular formula is C9H12F2O. The van der Waals surface area contributed by atoms with Gasteiger partial charge in [-0.05, 0) is 24.6 Å². The molecular weight excluding hydrogens is 162 g/mol. The van der Waals surface area contributed by atoms with Crippen LogP contribution in [0.3, 0.4) is 0 Å². The summed E-state index contributed by atoms with van der Waals surface area (Å²) in [5.74, 6) is -3.31. The molecule has 0 unspecified atom stereocenters. The maximum Gasteiger partial charge on any atom is 0.264 e. The quantitative estimate of drug-likeness (QED) is 0.599. The number of ketones is 1. The van der Waals surface area contributed by atoms with E-state index in [1.54, 1.807) is 6.08 Å². The fourth-order valence-electron chi connectivity index (χ4n) is 0.518. The SMILES string of the molecule is CC/C=C/C(=O)/C=C/C(C)(F)F. The third kappa shape index (κ3) is 7.12. The van der Waals surface area contributed by atoms with Crippen molar-refractivity contribution in [3.8, 4) is 0 Å². The standard InChI is InChI=1S/C9H12F2O/c1-3-4-5-8(12)6-7-9(2,10)11/h4-7H,3H2,1-2H3/b5-4+,7-6+. The summed E-state index contributed by atoms with van der Waals surface area (Å²) in [7, 11) is 0. The van der Waals surface area contributed by atoms with E-state index in [-0.39, 0.29) is 0 Å². The normalized spacial score (nSPS) is 13.0. The molecule has 0 heterocycles.